The van der Waals surface area contributed by atoms with E-state index >= 15 is 0 Å². The van der Waals surface area contributed by atoms with Crippen LogP contribution in [-0.2, 0) is 12.8 Å². The molecule has 0 radical (unpaired) electrons. The van der Waals surface area contributed by atoms with Crippen LogP contribution in [0.25, 0.3) is 16.7 Å². The third-order valence-corrected chi connectivity index (χ3v) is 8.03. The first-order chi connectivity index (χ1) is 16.7. The lowest BCUT2D eigenvalue weighted by molar-refractivity contribution is 0.224. The molecule has 2 atom stereocenters. The molecule has 0 saturated carbocycles. The van der Waals surface area contributed by atoms with Gasteiger partial charge in [0.25, 0.3) is 0 Å². The molecular weight excluding hydrogens is 422 g/mol. The predicted molar refractivity (Wildman–Crippen MR) is 133 cm³/mol. The molecule has 1 spiro atoms. The number of nitrogens with zero attached hydrogens (tertiary/aromatic N) is 5. The number of fused-ring (bicyclic) bond motifs is 3. The van der Waals surface area contributed by atoms with E-state index in [-0.39, 0.29) is 11.5 Å². The minimum Gasteiger partial charge on any atom is -0.323 e. The Kier molecular flexibility index (Phi) is 4.36. The Morgan fingerprint density at radius 3 is 2.91 bits per heavy atom. The van der Waals surface area contributed by atoms with Crippen LogP contribution < -0.4 is 10.6 Å². The second kappa shape index (κ2) is 7.46. The van der Waals surface area contributed by atoms with Crippen LogP contribution in [0.4, 0.5) is 11.5 Å². The number of aromatic amines is 1. The molecule has 2 unspecified atom stereocenters. The summed E-state index contributed by atoms with van der Waals surface area (Å²) < 4.78 is 0. The number of anilines is 2. The van der Waals surface area contributed by atoms with Crippen LogP contribution in [0, 0.1) is 5.41 Å². The van der Waals surface area contributed by atoms with Crippen molar-refractivity contribution in [1.29, 1.82) is 0 Å². The number of aryl methyl sites for hydroxylation is 1. The highest BCUT2D eigenvalue weighted by molar-refractivity contribution is 5.87. The number of hydrogen-bond acceptors (Lipinski definition) is 6. The van der Waals surface area contributed by atoms with Crippen LogP contribution in [0.2, 0.25) is 0 Å². The van der Waals surface area contributed by atoms with Gasteiger partial charge in [0.1, 0.15) is 0 Å². The largest absolute Gasteiger partial charge is 0.323 e. The van der Waals surface area contributed by atoms with E-state index in [9.17, 15) is 0 Å². The molecule has 34 heavy (non-hydrogen) atoms. The van der Waals surface area contributed by atoms with E-state index in [0.29, 0.717) is 0 Å². The van der Waals surface area contributed by atoms with Gasteiger partial charge in [-0.2, -0.15) is 5.10 Å². The summed E-state index contributed by atoms with van der Waals surface area (Å²) in [7, 11) is 0. The Labute approximate surface area is 198 Å². The Morgan fingerprint density at radius 1 is 1.09 bits per heavy atom. The van der Waals surface area contributed by atoms with Gasteiger partial charge >= 0.3 is 0 Å². The minimum atomic E-state index is 0.104. The van der Waals surface area contributed by atoms with Crippen LogP contribution in [0.1, 0.15) is 54.2 Å². The second-order valence-corrected chi connectivity index (χ2v) is 9.87. The second-order valence-electron chi connectivity index (χ2n) is 9.87. The number of benzene rings is 1. The fourth-order valence-electron chi connectivity index (χ4n) is 6.15. The van der Waals surface area contributed by atoms with Gasteiger partial charge in [-0.05, 0) is 72.8 Å². The van der Waals surface area contributed by atoms with Gasteiger partial charge in [-0.3, -0.25) is 10.1 Å². The summed E-state index contributed by atoms with van der Waals surface area (Å²) in [5.74, 6) is 0.828. The van der Waals surface area contributed by atoms with E-state index in [1.807, 2.05) is 18.5 Å². The maximum absolute atomic E-state index is 6.74. The highest BCUT2D eigenvalue weighted by atomic mass is 15.3. The molecule has 4 aromatic rings. The molecule has 3 aromatic heterocycles. The summed E-state index contributed by atoms with van der Waals surface area (Å²) in [5.41, 5.74) is 15.6. The first kappa shape index (κ1) is 19.9. The Balaban J connectivity index is 1.18. The molecule has 7 rings (SSSR count). The Morgan fingerprint density at radius 2 is 2.03 bits per heavy atom. The maximum atomic E-state index is 6.74. The predicted octanol–water partition coefficient (Wildman–Crippen LogP) is 4.64. The zero-order valence-electron chi connectivity index (χ0n) is 19.0. The Hall–Kier alpha value is -3.58. The lowest BCUT2D eigenvalue weighted by Gasteiger charge is -2.36. The van der Waals surface area contributed by atoms with Crippen LogP contribution in [0.5, 0.6) is 0 Å². The van der Waals surface area contributed by atoms with Crippen molar-refractivity contribution >= 4 is 28.2 Å². The highest BCUT2D eigenvalue weighted by Gasteiger charge is 2.44. The fourth-order valence-corrected chi connectivity index (χ4v) is 6.15. The van der Waals surface area contributed by atoms with Gasteiger partial charge in [-0.15, -0.1) is 0 Å². The van der Waals surface area contributed by atoms with Gasteiger partial charge in [0, 0.05) is 18.8 Å². The first-order valence-electron chi connectivity index (χ1n) is 12.2. The number of nitrogens with one attached hydrogen (secondary N) is 1. The van der Waals surface area contributed by atoms with Crippen LogP contribution in [0.15, 0.2) is 54.9 Å². The van der Waals surface area contributed by atoms with E-state index in [4.69, 9.17) is 15.7 Å². The third kappa shape index (κ3) is 2.93. The molecule has 2 aliphatic carbocycles. The molecule has 3 N–H and O–H groups in total. The van der Waals surface area contributed by atoms with Crippen molar-refractivity contribution in [3.05, 3.63) is 77.4 Å². The zero-order valence-corrected chi connectivity index (χ0v) is 19.0. The minimum absolute atomic E-state index is 0.104. The molecule has 0 fully saturated rings. The van der Waals surface area contributed by atoms with E-state index in [2.05, 4.69) is 56.5 Å². The number of nitrogens with two attached hydrogens (primary N) is 1. The van der Waals surface area contributed by atoms with Crippen molar-refractivity contribution in [2.45, 2.75) is 44.6 Å². The molecule has 170 valence electrons. The van der Waals surface area contributed by atoms with Gasteiger partial charge < -0.3 is 10.6 Å². The fraction of sp³-hybridized carbons (Fsp3) is 0.333. The number of pyridine rings is 1. The van der Waals surface area contributed by atoms with E-state index in [0.717, 1.165) is 79.1 Å². The van der Waals surface area contributed by atoms with Gasteiger partial charge in [-0.25, -0.2) is 9.97 Å². The lowest BCUT2D eigenvalue weighted by atomic mass is 9.70. The van der Waals surface area contributed by atoms with Crippen LogP contribution in [0.3, 0.4) is 0 Å². The van der Waals surface area contributed by atoms with Crippen molar-refractivity contribution in [3.63, 3.8) is 0 Å². The molecular formula is C27H27N7. The highest BCUT2D eigenvalue weighted by Crippen LogP contribution is 2.53. The smallest absolute Gasteiger partial charge is 0.183 e. The average molecular weight is 450 g/mol. The van der Waals surface area contributed by atoms with Gasteiger partial charge in [0.05, 0.1) is 23.3 Å². The molecule has 0 saturated heterocycles. The molecule has 7 heteroatoms. The molecule has 1 aliphatic heterocycles. The Bertz CT molecular complexity index is 1440. The number of H-pyrrole nitrogens is 1. The molecule has 1 aromatic carbocycles. The average Bonchev–Trinajstić information content (AvgIpc) is 3.43. The van der Waals surface area contributed by atoms with E-state index < -0.39 is 0 Å². The van der Waals surface area contributed by atoms with Gasteiger partial charge in [0.15, 0.2) is 17.0 Å². The van der Waals surface area contributed by atoms with Crippen molar-refractivity contribution in [2.75, 3.05) is 11.4 Å². The van der Waals surface area contributed by atoms with E-state index in [1.54, 1.807) is 0 Å². The van der Waals surface area contributed by atoms with Crippen molar-refractivity contribution in [1.82, 2.24) is 25.1 Å². The summed E-state index contributed by atoms with van der Waals surface area (Å²) in [6, 6.07) is 12.8. The number of aromatic nitrogens is 5. The summed E-state index contributed by atoms with van der Waals surface area (Å²) in [6.07, 6.45) is 12.2. The number of hydrogen-bond donors (Lipinski definition) is 2. The number of allylic oxidation sites excluding steroid dienone is 2. The molecule has 0 bridgehead atoms. The topological polar surface area (TPSA) is 96.6 Å². The number of rotatable bonds is 2. The van der Waals surface area contributed by atoms with Crippen molar-refractivity contribution in [3.8, 4) is 0 Å². The van der Waals surface area contributed by atoms with E-state index in [1.165, 1.54) is 16.7 Å². The molecule has 3 aliphatic rings. The quantitative estimate of drug-likeness (QED) is 0.463. The van der Waals surface area contributed by atoms with Crippen molar-refractivity contribution < 1.29 is 0 Å². The standard InChI is InChI=1S/C27H27N7/c28-24-19-6-2-1-5-18(19)15-27(24)11-9-17(10-12-27)21-16-30-23-25(31-21)32-33-26(23)34-14-4-7-20-22(34)8-3-13-29-20/h1-3,5-6,8-9,13,16,24H,4,7,10-12,14-15,28H2,(H,31,32,33). The monoisotopic (exact) mass is 449 g/mol. The SMILES string of the molecule is NC1c2ccccc2CC12CC=C(c1cnc3c(N4CCCc5ncccc54)n[nH]c3n1)CC2. The normalized spacial score (nSPS) is 23.7. The summed E-state index contributed by atoms with van der Waals surface area (Å²) in [5, 5.41) is 7.74. The maximum Gasteiger partial charge on any atom is 0.183 e. The molecule has 7 nitrogen and oxygen atoms in total. The summed E-state index contributed by atoms with van der Waals surface area (Å²) in [4.78, 5) is 16.5. The summed E-state index contributed by atoms with van der Waals surface area (Å²) >= 11 is 0. The van der Waals surface area contributed by atoms with Crippen LogP contribution in [-0.4, -0.2) is 31.7 Å². The first-order valence-corrected chi connectivity index (χ1v) is 12.2. The zero-order chi connectivity index (χ0) is 22.7. The molecule has 4 heterocycles. The summed E-state index contributed by atoms with van der Waals surface area (Å²) in [6.45, 7) is 0.901. The van der Waals surface area contributed by atoms with Crippen molar-refractivity contribution in [2.24, 2.45) is 11.1 Å². The van der Waals surface area contributed by atoms with Gasteiger partial charge in [-0.1, -0.05) is 30.3 Å². The molecule has 0 amide bonds. The third-order valence-electron chi connectivity index (χ3n) is 8.03. The lowest BCUT2D eigenvalue weighted by Crippen LogP contribution is -2.33. The van der Waals surface area contributed by atoms with Gasteiger partial charge in [0.2, 0.25) is 0 Å². The van der Waals surface area contributed by atoms with Crippen LogP contribution >= 0.6 is 0 Å².